The summed E-state index contributed by atoms with van der Waals surface area (Å²) in [5, 5.41) is 19.3. The minimum absolute atomic E-state index is 0.156. The predicted molar refractivity (Wildman–Crippen MR) is 46.5 cm³/mol. The van der Waals surface area contributed by atoms with Crippen molar-refractivity contribution in [3.05, 3.63) is 33.9 Å². The van der Waals surface area contributed by atoms with Crippen molar-refractivity contribution in [2.45, 2.75) is 0 Å². The number of nitrogens with one attached hydrogen (secondary N) is 1. The second-order valence-corrected chi connectivity index (χ2v) is 2.89. The second-order valence-electron chi connectivity index (χ2n) is 2.89. The van der Waals surface area contributed by atoms with Crippen molar-refractivity contribution in [1.29, 1.82) is 0 Å². The van der Waals surface area contributed by atoms with Crippen LogP contribution in [0.25, 0.3) is 10.9 Å². The molecular formula is C8H4F2N2O3. The van der Waals surface area contributed by atoms with E-state index in [1.54, 1.807) is 0 Å². The van der Waals surface area contributed by atoms with Crippen molar-refractivity contribution in [2.75, 3.05) is 0 Å². The third-order valence-electron chi connectivity index (χ3n) is 1.95. The number of H-pyrrole nitrogens is 1. The number of rotatable bonds is 1. The molecule has 0 saturated heterocycles. The number of aromatic hydroxyl groups is 1. The molecule has 0 aliphatic heterocycles. The summed E-state index contributed by atoms with van der Waals surface area (Å²) in [6.45, 7) is 0. The second kappa shape index (κ2) is 2.91. The largest absolute Gasteiger partial charge is 0.500 e. The maximum Gasteiger partial charge on any atom is 0.364 e. The zero-order chi connectivity index (χ0) is 11.2. The summed E-state index contributed by atoms with van der Waals surface area (Å²) < 4.78 is 25.9. The van der Waals surface area contributed by atoms with Crippen LogP contribution in [0.15, 0.2) is 12.1 Å². The maximum atomic E-state index is 13.1. The standard InChI is InChI=1S/C8H4F2N2O3/c9-3-1-4(10)6-5(2-3)11-8(7(6)13)12(14)15/h1-2,11,13H. The Kier molecular flexibility index (Phi) is 1.82. The summed E-state index contributed by atoms with van der Waals surface area (Å²) in [5.74, 6) is -3.51. The zero-order valence-corrected chi connectivity index (χ0v) is 7.12. The summed E-state index contributed by atoms with van der Waals surface area (Å²) in [5.41, 5.74) is -0.156. The Balaban J connectivity index is 2.88. The number of nitro groups is 1. The molecule has 0 bridgehead atoms. The minimum atomic E-state index is -1.05. The Morgan fingerprint density at radius 2 is 2.07 bits per heavy atom. The van der Waals surface area contributed by atoms with Crippen LogP contribution in [0.5, 0.6) is 5.75 Å². The normalized spacial score (nSPS) is 10.8. The Bertz CT molecular complexity index is 565. The van der Waals surface area contributed by atoms with Gasteiger partial charge in [0.1, 0.15) is 22.5 Å². The van der Waals surface area contributed by atoms with Gasteiger partial charge in [-0.1, -0.05) is 0 Å². The maximum absolute atomic E-state index is 13.1. The van der Waals surface area contributed by atoms with Crippen molar-refractivity contribution in [2.24, 2.45) is 0 Å². The van der Waals surface area contributed by atoms with Crippen molar-refractivity contribution < 1.29 is 18.8 Å². The molecule has 0 fully saturated rings. The van der Waals surface area contributed by atoms with E-state index in [0.29, 0.717) is 6.07 Å². The summed E-state index contributed by atoms with van der Waals surface area (Å²) in [6, 6.07) is 1.41. The van der Waals surface area contributed by atoms with E-state index in [0.717, 1.165) is 6.07 Å². The van der Waals surface area contributed by atoms with Gasteiger partial charge in [0.2, 0.25) is 5.75 Å². The van der Waals surface area contributed by atoms with Gasteiger partial charge in [0, 0.05) is 12.1 Å². The molecule has 0 unspecified atom stereocenters. The van der Waals surface area contributed by atoms with E-state index in [2.05, 4.69) is 4.98 Å². The lowest BCUT2D eigenvalue weighted by atomic mass is 10.2. The van der Waals surface area contributed by atoms with E-state index in [1.165, 1.54) is 0 Å². The first kappa shape index (κ1) is 9.38. The highest BCUT2D eigenvalue weighted by Gasteiger charge is 2.23. The van der Waals surface area contributed by atoms with Crippen molar-refractivity contribution >= 4 is 16.7 Å². The molecule has 15 heavy (non-hydrogen) atoms. The van der Waals surface area contributed by atoms with Crippen LogP contribution in [0.4, 0.5) is 14.6 Å². The van der Waals surface area contributed by atoms with E-state index >= 15 is 0 Å². The fraction of sp³-hybridized carbons (Fsp3) is 0. The van der Waals surface area contributed by atoms with E-state index in [4.69, 9.17) is 0 Å². The molecule has 0 saturated carbocycles. The highest BCUT2D eigenvalue weighted by atomic mass is 19.1. The third-order valence-corrected chi connectivity index (χ3v) is 1.95. The van der Waals surface area contributed by atoms with Gasteiger partial charge in [0.15, 0.2) is 0 Å². The molecular weight excluding hydrogens is 210 g/mol. The molecule has 0 aliphatic rings. The third kappa shape index (κ3) is 1.28. The van der Waals surface area contributed by atoms with Crippen LogP contribution in [0.1, 0.15) is 0 Å². The first-order chi connectivity index (χ1) is 7.00. The molecule has 0 aliphatic carbocycles. The summed E-state index contributed by atoms with van der Waals surface area (Å²) in [7, 11) is 0. The molecule has 0 spiro atoms. The van der Waals surface area contributed by atoms with Crippen LogP contribution in [-0.2, 0) is 0 Å². The van der Waals surface area contributed by atoms with Gasteiger partial charge >= 0.3 is 5.82 Å². The van der Waals surface area contributed by atoms with Crippen LogP contribution >= 0.6 is 0 Å². The molecule has 78 valence electrons. The molecule has 2 N–H and O–H groups in total. The fourth-order valence-electron chi connectivity index (χ4n) is 1.35. The molecule has 0 atom stereocenters. The number of aromatic nitrogens is 1. The van der Waals surface area contributed by atoms with Crippen LogP contribution in [0.2, 0.25) is 0 Å². The van der Waals surface area contributed by atoms with Gasteiger partial charge in [-0.3, -0.25) is 0 Å². The van der Waals surface area contributed by atoms with Crippen molar-refractivity contribution in [3.63, 3.8) is 0 Å². The van der Waals surface area contributed by atoms with Gasteiger partial charge in [-0.25, -0.2) is 13.8 Å². The van der Waals surface area contributed by atoms with Crippen molar-refractivity contribution in [1.82, 2.24) is 4.98 Å². The summed E-state index contributed by atoms with van der Waals surface area (Å²) in [6.07, 6.45) is 0. The number of halogens is 2. The average molecular weight is 214 g/mol. The Morgan fingerprint density at radius 3 is 2.67 bits per heavy atom. The van der Waals surface area contributed by atoms with Gasteiger partial charge in [0.05, 0.1) is 0 Å². The molecule has 0 amide bonds. The number of benzene rings is 1. The topological polar surface area (TPSA) is 79.2 Å². The molecule has 1 heterocycles. The Labute approximate surface area is 81.1 Å². The number of nitrogens with zero attached hydrogens (tertiary/aromatic N) is 1. The van der Waals surface area contributed by atoms with E-state index in [1.807, 2.05) is 0 Å². The molecule has 0 radical (unpaired) electrons. The minimum Gasteiger partial charge on any atom is -0.500 e. The van der Waals surface area contributed by atoms with Gasteiger partial charge in [0.25, 0.3) is 0 Å². The van der Waals surface area contributed by atoms with Crippen LogP contribution in [-0.4, -0.2) is 15.0 Å². The first-order valence-electron chi connectivity index (χ1n) is 3.85. The smallest absolute Gasteiger partial charge is 0.364 e. The lowest BCUT2D eigenvalue weighted by Gasteiger charge is -1.91. The highest BCUT2D eigenvalue weighted by molar-refractivity contribution is 5.90. The molecule has 1 aromatic carbocycles. The molecule has 5 nitrogen and oxygen atoms in total. The molecule has 7 heteroatoms. The highest BCUT2D eigenvalue weighted by Crippen LogP contribution is 2.36. The Morgan fingerprint density at radius 1 is 1.40 bits per heavy atom. The summed E-state index contributed by atoms with van der Waals surface area (Å²) in [4.78, 5) is 11.6. The van der Waals surface area contributed by atoms with Crippen molar-refractivity contribution in [3.8, 4) is 5.75 Å². The number of hydrogen-bond donors (Lipinski definition) is 2. The average Bonchev–Trinajstić information content (AvgIpc) is 2.42. The van der Waals surface area contributed by atoms with E-state index in [-0.39, 0.29) is 10.9 Å². The fourth-order valence-corrected chi connectivity index (χ4v) is 1.35. The van der Waals surface area contributed by atoms with Gasteiger partial charge in [-0.2, -0.15) is 0 Å². The monoisotopic (exact) mass is 214 g/mol. The number of aromatic amines is 1. The van der Waals surface area contributed by atoms with Gasteiger partial charge in [-0.05, 0) is 4.92 Å². The quantitative estimate of drug-likeness (QED) is 0.563. The number of fused-ring (bicyclic) bond motifs is 1. The molecule has 2 rings (SSSR count). The van der Waals surface area contributed by atoms with Gasteiger partial charge in [-0.15, -0.1) is 0 Å². The Hall–Kier alpha value is -2.18. The van der Waals surface area contributed by atoms with Crippen LogP contribution < -0.4 is 0 Å². The van der Waals surface area contributed by atoms with E-state index < -0.39 is 28.1 Å². The molecule has 2 aromatic rings. The van der Waals surface area contributed by atoms with Crippen LogP contribution in [0.3, 0.4) is 0 Å². The first-order valence-corrected chi connectivity index (χ1v) is 3.85. The number of hydrogen-bond acceptors (Lipinski definition) is 3. The van der Waals surface area contributed by atoms with E-state index in [9.17, 15) is 24.0 Å². The molecule has 1 aromatic heterocycles. The lowest BCUT2D eigenvalue weighted by Crippen LogP contribution is -1.86. The lowest BCUT2D eigenvalue weighted by molar-refractivity contribution is -0.389. The van der Waals surface area contributed by atoms with Crippen LogP contribution in [0, 0.1) is 21.7 Å². The van der Waals surface area contributed by atoms with Gasteiger partial charge < -0.3 is 15.2 Å². The predicted octanol–water partition coefficient (Wildman–Crippen LogP) is 2.06. The summed E-state index contributed by atoms with van der Waals surface area (Å²) >= 11 is 0. The zero-order valence-electron chi connectivity index (χ0n) is 7.12. The SMILES string of the molecule is O=[N+]([O-])c1[nH]c2cc(F)cc(F)c2c1O.